The molecule has 0 aliphatic heterocycles. The summed E-state index contributed by atoms with van der Waals surface area (Å²) in [5, 5.41) is 0. The van der Waals surface area contributed by atoms with Crippen molar-refractivity contribution in [2.24, 2.45) is 0 Å². The lowest BCUT2D eigenvalue weighted by atomic mass is 9.89. The molecule has 1 unspecified atom stereocenters. The summed E-state index contributed by atoms with van der Waals surface area (Å²) in [4.78, 5) is 0.647. The average molecular weight is 493 g/mol. The van der Waals surface area contributed by atoms with Gasteiger partial charge in [0.25, 0.3) is 0 Å². The number of ether oxygens (including phenoxy) is 6. The Labute approximate surface area is 205 Å². The Balaban J connectivity index is 2.01. The zero-order valence-electron chi connectivity index (χ0n) is 21.1. The van der Waals surface area contributed by atoms with E-state index in [1.54, 1.807) is 41.8 Å². The Kier molecular flexibility index (Phi) is 9.22. The van der Waals surface area contributed by atoms with Gasteiger partial charge in [-0.1, -0.05) is 6.92 Å². The molecule has 1 aliphatic carbocycles. The van der Waals surface area contributed by atoms with E-state index >= 15 is 0 Å². The molecule has 2 aromatic carbocycles. The van der Waals surface area contributed by atoms with Crippen molar-refractivity contribution in [1.29, 1.82) is 0 Å². The fourth-order valence-electron chi connectivity index (χ4n) is 4.85. The molecule has 8 heteroatoms. The largest absolute Gasteiger partial charge is 0.612 e. The monoisotopic (exact) mass is 492 g/mol. The molecule has 0 radical (unpaired) electrons. The maximum atomic E-state index is 12.6. The second kappa shape index (κ2) is 11.9. The van der Waals surface area contributed by atoms with E-state index in [1.807, 2.05) is 31.2 Å². The minimum atomic E-state index is -1.23. The molecule has 0 aromatic heterocycles. The van der Waals surface area contributed by atoms with Crippen molar-refractivity contribution < 1.29 is 33.0 Å². The Hall–Kier alpha value is -2.29. The van der Waals surface area contributed by atoms with Crippen molar-refractivity contribution in [1.82, 2.24) is 0 Å². The van der Waals surface area contributed by atoms with E-state index < -0.39 is 11.2 Å². The molecule has 1 fully saturated rings. The van der Waals surface area contributed by atoms with Gasteiger partial charge in [0.15, 0.2) is 22.1 Å². The molecule has 0 heterocycles. The van der Waals surface area contributed by atoms with E-state index in [0.717, 1.165) is 30.4 Å². The highest BCUT2D eigenvalue weighted by molar-refractivity contribution is 7.90. The van der Waals surface area contributed by atoms with Crippen LogP contribution in [0.25, 0.3) is 0 Å². The molecule has 7 nitrogen and oxygen atoms in total. The highest BCUT2D eigenvalue weighted by atomic mass is 32.2. The predicted molar refractivity (Wildman–Crippen MR) is 133 cm³/mol. The van der Waals surface area contributed by atoms with Gasteiger partial charge in [-0.25, -0.2) is 0 Å². The molecule has 0 bridgehead atoms. The highest BCUT2D eigenvalue weighted by Gasteiger charge is 2.40. The normalized spacial score (nSPS) is 20.6. The second-order valence-electron chi connectivity index (χ2n) is 8.30. The molecule has 0 N–H and O–H groups in total. The summed E-state index contributed by atoms with van der Waals surface area (Å²) in [6.07, 6.45) is 4.26. The van der Waals surface area contributed by atoms with Crippen LogP contribution in [0.4, 0.5) is 0 Å². The van der Waals surface area contributed by atoms with E-state index in [0.29, 0.717) is 40.2 Å². The van der Waals surface area contributed by atoms with Crippen molar-refractivity contribution in [3.8, 4) is 28.7 Å². The van der Waals surface area contributed by atoms with E-state index in [4.69, 9.17) is 28.4 Å². The quantitative estimate of drug-likeness (QED) is 0.412. The number of hydrogen-bond acceptors (Lipinski definition) is 7. The summed E-state index contributed by atoms with van der Waals surface area (Å²) in [7, 11) is 8.19. The Morgan fingerprint density at radius 2 is 1.29 bits per heavy atom. The van der Waals surface area contributed by atoms with Gasteiger partial charge in [0.2, 0.25) is 11.5 Å². The van der Waals surface area contributed by atoms with Crippen LogP contribution in [0.15, 0.2) is 29.2 Å². The molecule has 0 amide bonds. The fourth-order valence-corrected chi connectivity index (χ4v) is 5.57. The molecule has 34 heavy (non-hydrogen) atoms. The van der Waals surface area contributed by atoms with E-state index in [2.05, 4.69) is 0 Å². The number of hydrogen-bond donors (Lipinski definition) is 0. The summed E-state index contributed by atoms with van der Waals surface area (Å²) in [6.45, 7) is 2.57. The standard InChI is InChI=1S/C26H36O7S/c1-8-11-33-26-22(30-4)14-17(15-23(26)34(7)27)19-10-9-18(24(19)31-5)16-12-20(28-2)25(32-6)21(13-16)29-3/h12-15,18-19,24H,8-11H2,1-7H3/t18-,19+,24+,34?/m1/s1. The molecular formula is C26H36O7S. The predicted octanol–water partition coefficient (Wildman–Crippen LogP) is 4.92. The van der Waals surface area contributed by atoms with Crippen LogP contribution < -0.4 is 23.7 Å². The molecule has 2 aromatic rings. The van der Waals surface area contributed by atoms with Crippen LogP contribution in [-0.4, -0.2) is 59.1 Å². The van der Waals surface area contributed by atoms with Gasteiger partial charge in [0, 0.05) is 25.0 Å². The van der Waals surface area contributed by atoms with Gasteiger partial charge in [0.1, 0.15) is 6.26 Å². The van der Waals surface area contributed by atoms with Gasteiger partial charge in [-0.15, -0.1) is 0 Å². The highest BCUT2D eigenvalue weighted by Crippen LogP contribution is 2.50. The van der Waals surface area contributed by atoms with E-state index in [9.17, 15) is 4.55 Å². The maximum Gasteiger partial charge on any atom is 0.216 e. The molecule has 1 saturated carbocycles. The maximum absolute atomic E-state index is 12.6. The van der Waals surface area contributed by atoms with Gasteiger partial charge in [0.05, 0.1) is 41.2 Å². The third kappa shape index (κ3) is 5.19. The Morgan fingerprint density at radius 3 is 1.71 bits per heavy atom. The molecular weight excluding hydrogens is 456 g/mol. The lowest BCUT2D eigenvalue weighted by Gasteiger charge is -2.26. The van der Waals surface area contributed by atoms with E-state index in [-0.39, 0.29) is 17.9 Å². The number of methoxy groups -OCH3 is 5. The van der Waals surface area contributed by atoms with Crippen molar-refractivity contribution in [3.05, 3.63) is 35.4 Å². The number of rotatable bonds is 11. The first kappa shape index (κ1) is 26.3. The minimum Gasteiger partial charge on any atom is -0.612 e. The first-order valence-electron chi connectivity index (χ1n) is 11.4. The van der Waals surface area contributed by atoms with Gasteiger partial charge in [-0.2, -0.15) is 0 Å². The zero-order chi connectivity index (χ0) is 24.8. The van der Waals surface area contributed by atoms with Crippen LogP contribution >= 0.6 is 0 Å². The average Bonchev–Trinajstić information content (AvgIpc) is 3.29. The smallest absolute Gasteiger partial charge is 0.216 e. The molecule has 1 aliphatic rings. The number of benzene rings is 2. The molecule has 188 valence electrons. The summed E-state index contributed by atoms with van der Waals surface area (Å²) < 4.78 is 46.8. The minimum absolute atomic E-state index is 0.0898. The van der Waals surface area contributed by atoms with Gasteiger partial charge < -0.3 is 33.0 Å². The summed E-state index contributed by atoms with van der Waals surface area (Å²) in [5.74, 6) is 3.20. The van der Waals surface area contributed by atoms with Crippen molar-refractivity contribution in [2.75, 3.05) is 48.4 Å². The van der Waals surface area contributed by atoms with Gasteiger partial charge in [-0.3, -0.25) is 0 Å². The third-order valence-corrected chi connectivity index (χ3v) is 7.34. The lowest BCUT2D eigenvalue weighted by Crippen LogP contribution is -2.22. The van der Waals surface area contributed by atoms with Crippen LogP contribution in [0.2, 0.25) is 0 Å². The molecule has 4 atom stereocenters. The third-order valence-electron chi connectivity index (χ3n) is 6.42. The van der Waals surface area contributed by atoms with Crippen LogP contribution in [0.5, 0.6) is 28.7 Å². The lowest BCUT2D eigenvalue weighted by molar-refractivity contribution is 0.0804. The molecule has 0 saturated heterocycles. The fraction of sp³-hybridized carbons (Fsp3) is 0.538. The summed E-state index contributed by atoms with van der Waals surface area (Å²) in [6, 6.07) is 7.97. The van der Waals surface area contributed by atoms with Gasteiger partial charge in [-0.05, 0) is 59.8 Å². The SMILES string of the molecule is CCCOc1c(OC)cc([C@@H]2CC[C@H](c3cc(OC)c(OC)c(OC)c3)[C@@H]2OC)cc1[S+](C)[O-]. The van der Waals surface area contributed by atoms with Crippen molar-refractivity contribution in [3.63, 3.8) is 0 Å². The summed E-state index contributed by atoms with van der Waals surface area (Å²) >= 11 is -1.23. The van der Waals surface area contributed by atoms with Gasteiger partial charge >= 0.3 is 0 Å². The summed E-state index contributed by atoms with van der Waals surface area (Å²) in [5.41, 5.74) is 2.10. The van der Waals surface area contributed by atoms with Crippen molar-refractivity contribution in [2.45, 2.75) is 49.0 Å². The Morgan fingerprint density at radius 1 is 0.794 bits per heavy atom. The van der Waals surface area contributed by atoms with E-state index in [1.165, 1.54) is 0 Å². The Bertz CT molecular complexity index is 937. The van der Waals surface area contributed by atoms with Crippen molar-refractivity contribution >= 4 is 11.2 Å². The molecule has 0 spiro atoms. The zero-order valence-corrected chi connectivity index (χ0v) is 22.0. The van der Waals surface area contributed by atoms with Crippen LogP contribution in [-0.2, 0) is 15.9 Å². The molecule has 3 rings (SSSR count). The van der Waals surface area contributed by atoms with Crippen LogP contribution in [0.3, 0.4) is 0 Å². The topological polar surface area (TPSA) is 78.4 Å². The first-order valence-corrected chi connectivity index (χ1v) is 13.0. The first-order chi connectivity index (χ1) is 16.4. The van der Waals surface area contributed by atoms with Crippen LogP contribution in [0.1, 0.15) is 49.1 Å². The second-order valence-corrected chi connectivity index (χ2v) is 9.65. The van der Waals surface area contributed by atoms with Crippen LogP contribution in [0, 0.1) is 0 Å².